The zero-order chi connectivity index (χ0) is 43.3. The minimum absolute atomic E-state index is 0.0971. The van der Waals surface area contributed by atoms with Crippen LogP contribution in [0.15, 0.2) is 121 Å². The molecule has 2 heterocycles. The van der Waals surface area contributed by atoms with Gasteiger partial charge in [-0.15, -0.1) is 0 Å². The fourth-order valence-corrected chi connectivity index (χ4v) is 7.13. The Labute approximate surface area is 363 Å². The lowest BCUT2D eigenvalue weighted by Gasteiger charge is -2.28. The molecule has 6 rings (SSSR count). The molecule has 6 atom stereocenters. The first-order valence-electron chi connectivity index (χ1n) is 20.2. The Morgan fingerprint density at radius 3 is 1.27 bits per heavy atom. The Kier molecular flexibility index (Phi) is 16.4. The van der Waals surface area contributed by atoms with Gasteiger partial charge in [0.25, 0.3) is 11.8 Å². The highest BCUT2D eigenvalue weighted by Crippen LogP contribution is 2.27. The summed E-state index contributed by atoms with van der Waals surface area (Å²) >= 11 is 12.3. The number of amides is 4. The van der Waals surface area contributed by atoms with Crippen molar-refractivity contribution in [2.75, 3.05) is 14.1 Å². The third-order valence-corrected chi connectivity index (χ3v) is 11.1. The van der Waals surface area contributed by atoms with Crippen molar-refractivity contribution in [3.8, 4) is 11.5 Å². The number of carbonyl (C=O) groups is 4. The van der Waals surface area contributed by atoms with E-state index in [4.69, 9.17) is 32.7 Å². The van der Waals surface area contributed by atoms with E-state index in [-0.39, 0.29) is 47.9 Å². The van der Waals surface area contributed by atoms with Gasteiger partial charge in [-0.25, -0.2) is 0 Å². The molecule has 10 nitrogen and oxygen atoms in total. The van der Waals surface area contributed by atoms with Crippen LogP contribution in [0.1, 0.15) is 97.3 Å². The molecule has 0 aliphatic carbocycles. The van der Waals surface area contributed by atoms with Gasteiger partial charge in [0.1, 0.15) is 23.6 Å². The molecule has 316 valence electrons. The third-order valence-electron chi connectivity index (χ3n) is 10.6. The molecule has 0 fully saturated rings. The average molecular weight is 854 g/mol. The van der Waals surface area contributed by atoms with Crippen LogP contribution in [0, 0.1) is 0 Å². The molecule has 0 aromatic heterocycles. The molecule has 4 amide bonds. The Bertz CT molecular complexity index is 2040. The lowest BCUT2D eigenvalue weighted by molar-refractivity contribution is -0.126. The quantitative estimate of drug-likeness (QED) is 0.194. The first-order chi connectivity index (χ1) is 28.7. The van der Waals surface area contributed by atoms with E-state index in [1.807, 2.05) is 86.7 Å². The van der Waals surface area contributed by atoms with E-state index in [1.54, 1.807) is 76.5 Å². The van der Waals surface area contributed by atoms with Crippen LogP contribution >= 0.6 is 23.2 Å². The topological polar surface area (TPSA) is 117 Å². The predicted molar refractivity (Wildman–Crippen MR) is 238 cm³/mol. The molecule has 2 aliphatic heterocycles. The highest BCUT2D eigenvalue weighted by atomic mass is 35.5. The molecule has 0 saturated carbocycles. The van der Waals surface area contributed by atoms with E-state index in [2.05, 4.69) is 10.6 Å². The van der Waals surface area contributed by atoms with Crippen LogP contribution in [-0.4, -0.2) is 71.8 Å². The molecule has 2 N–H and O–H groups in total. The molecular formula is C48H54Cl2N4O6. The maximum absolute atomic E-state index is 13.1. The number of halogens is 2. The van der Waals surface area contributed by atoms with Gasteiger partial charge in [-0.3, -0.25) is 19.2 Å². The normalized spacial score (nSPS) is 24.3. The second-order valence-electron chi connectivity index (χ2n) is 15.2. The van der Waals surface area contributed by atoms with E-state index in [9.17, 15) is 19.2 Å². The van der Waals surface area contributed by atoms with Crippen molar-refractivity contribution in [2.24, 2.45) is 0 Å². The van der Waals surface area contributed by atoms with Crippen molar-refractivity contribution in [3.05, 3.63) is 154 Å². The second-order valence-corrected chi connectivity index (χ2v) is 16.0. The van der Waals surface area contributed by atoms with E-state index in [0.29, 0.717) is 58.4 Å². The Balaban J connectivity index is 0.000000228. The lowest BCUT2D eigenvalue weighted by atomic mass is 10.0. The Hall–Kier alpha value is -5.58. The SMILES string of the molecule is C[C@H]1C/C=C/C[C@@H](c2cccc(Cl)c2)NC(=O)[C@H](C)N(C)C(=O)c2ccccc2O1.C[C@H]1C/C=C\C[C@@H](c2cccc(Cl)c2)NC(=O)[C@H](C)N(C)C(=O)c2ccccc2O1. The van der Waals surface area contributed by atoms with Crippen LogP contribution < -0.4 is 20.1 Å². The van der Waals surface area contributed by atoms with Gasteiger partial charge in [0.05, 0.1) is 35.4 Å². The summed E-state index contributed by atoms with van der Waals surface area (Å²) in [4.78, 5) is 55.0. The molecule has 0 unspecified atom stereocenters. The summed E-state index contributed by atoms with van der Waals surface area (Å²) in [6, 6.07) is 27.4. The molecule has 0 spiro atoms. The molecule has 4 aromatic rings. The number of carbonyl (C=O) groups excluding carboxylic acids is 4. The van der Waals surface area contributed by atoms with Gasteiger partial charge in [0, 0.05) is 37.0 Å². The number of nitrogens with one attached hydrogen (secondary N) is 2. The van der Waals surface area contributed by atoms with E-state index in [1.165, 1.54) is 9.80 Å². The van der Waals surface area contributed by atoms with Crippen LogP contribution in [0.3, 0.4) is 0 Å². The summed E-state index contributed by atoms with van der Waals surface area (Å²) in [6.45, 7) is 7.38. The summed E-state index contributed by atoms with van der Waals surface area (Å²) in [5.74, 6) is 0.0780. The van der Waals surface area contributed by atoms with Crippen molar-refractivity contribution in [1.82, 2.24) is 20.4 Å². The molecule has 60 heavy (non-hydrogen) atoms. The number of hydrogen-bond acceptors (Lipinski definition) is 6. The van der Waals surface area contributed by atoms with E-state index in [0.717, 1.165) is 11.1 Å². The maximum Gasteiger partial charge on any atom is 0.258 e. The summed E-state index contributed by atoms with van der Waals surface area (Å²) in [5.41, 5.74) is 2.73. The number of fused-ring (bicyclic) bond motifs is 2. The zero-order valence-electron chi connectivity index (χ0n) is 34.9. The van der Waals surface area contributed by atoms with Gasteiger partial charge < -0.3 is 29.9 Å². The van der Waals surface area contributed by atoms with Crippen LogP contribution in [-0.2, 0) is 9.59 Å². The molecule has 0 radical (unpaired) electrons. The number of hydrogen-bond donors (Lipinski definition) is 2. The van der Waals surface area contributed by atoms with Crippen molar-refractivity contribution >= 4 is 46.8 Å². The summed E-state index contributed by atoms with van der Waals surface area (Å²) < 4.78 is 12.1. The standard InChI is InChI=1S/2C24H27ClN2O3/c2*1-16-9-4-6-13-21(18-10-8-11-19(25)15-18)26-23(28)17(2)27(3)24(29)20-12-5-7-14-22(20)30-16/h2*4-8,10-12,14-17,21H,9,13H2,1-3H3,(H,26,28)/b6-4+;6-4-/t2*16-,17-,21-/m00/s1. The van der Waals surface area contributed by atoms with Crippen molar-refractivity contribution < 1.29 is 28.7 Å². The molecule has 12 heteroatoms. The predicted octanol–water partition coefficient (Wildman–Crippen LogP) is 9.55. The lowest BCUT2D eigenvalue weighted by Crippen LogP contribution is -2.47. The van der Waals surface area contributed by atoms with Gasteiger partial charge >= 0.3 is 0 Å². The van der Waals surface area contributed by atoms with Gasteiger partial charge in [-0.2, -0.15) is 0 Å². The molecule has 0 bridgehead atoms. The fraction of sp³-hybridized carbons (Fsp3) is 0.333. The number of para-hydroxylation sites is 2. The molecule has 0 saturated heterocycles. The minimum atomic E-state index is -0.656. The Morgan fingerprint density at radius 2 is 0.883 bits per heavy atom. The molecule has 2 aliphatic rings. The number of nitrogens with zero attached hydrogens (tertiary/aromatic N) is 2. The summed E-state index contributed by atoms with van der Waals surface area (Å²) in [7, 11) is 3.26. The van der Waals surface area contributed by atoms with Crippen molar-refractivity contribution in [2.45, 2.75) is 89.8 Å². The summed E-state index contributed by atoms with van der Waals surface area (Å²) in [5, 5.41) is 7.38. The maximum atomic E-state index is 13.1. The number of likely N-dealkylation sites (N-methyl/N-ethyl adjacent to an activating group) is 2. The number of ether oxygens (including phenoxy) is 2. The minimum Gasteiger partial charge on any atom is -0.490 e. The van der Waals surface area contributed by atoms with Crippen molar-refractivity contribution in [1.29, 1.82) is 0 Å². The van der Waals surface area contributed by atoms with E-state index >= 15 is 0 Å². The van der Waals surface area contributed by atoms with Gasteiger partial charge in [0.15, 0.2) is 0 Å². The van der Waals surface area contributed by atoms with Crippen LogP contribution in [0.4, 0.5) is 0 Å². The first kappa shape index (κ1) is 45.5. The van der Waals surface area contributed by atoms with E-state index < -0.39 is 12.1 Å². The number of benzene rings is 4. The second kappa shape index (κ2) is 21.6. The van der Waals surface area contributed by atoms with Gasteiger partial charge in [-0.1, -0.05) is 96.0 Å². The monoisotopic (exact) mass is 852 g/mol. The van der Waals surface area contributed by atoms with Crippen LogP contribution in [0.25, 0.3) is 0 Å². The highest BCUT2D eigenvalue weighted by Gasteiger charge is 2.29. The summed E-state index contributed by atoms with van der Waals surface area (Å²) in [6.07, 6.45) is 10.6. The van der Waals surface area contributed by atoms with Gasteiger partial charge in [-0.05, 0) is 100 Å². The average Bonchev–Trinajstić information content (AvgIpc) is 3.24. The van der Waals surface area contributed by atoms with Crippen LogP contribution in [0.5, 0.6) is 11.5 Å². The zero-order valence-corrected chi connectivity index (χ0v) is 36.5. The molecule has 4 aromatic carbocycles. The van der Waals surface area contributed by atoms with Crippen LogP contribution in [0.2, 0.25) is 10.0 Å². The Morgan fingerprint density at radius 1 is 0.517 bits per heavy atom. The largest absolute Gasteiger partial charge is 0.490 e. The first-order valence-corrected chi connectivity index (χ1v) is 21.0. The smallest absolute Gasteiger partial charge is 0.258 e. The number of rotatable bonds is 2. The van der Waals surface area contributed by atoms with Crippen molar-refractivity contribution in [3.63, 3.8) is 0 Å². The highest BCUT2D eigenvalue weighted by molar-refractivity contribution is 6.30. The van der Waals surface area contributed by atoms with Gasteiger partial charge in [0.2, 0.25) is 11.8 Å². The third kappa shape index (κ3) is 12.2. The fourth-order valence-electron chi connectivity index (χ4n) is 6.73. The molecular weight excluding hydrogens is 799 g/mol.